The molecule has 2 aromatic rings. The molecule has 0 aliphatic rings. The predicted octanol–water partition coefficient (Wildman–Crippen LogP) is 5.20. The Hall–Kier alpha value is -1.91. The molecule has 0 atom stereocenters. The van der Waals surface area contributed by atoms with Crippen LogP contribution >= 0.6 is 23.2 Å². The van der Waals surface area contributed by atoms with E-state index in [0.717, 1.165) is 24.3 Å². The van der Waals surface area contributed by atoms with Gasteiger partial charge in [0.25, 0.3) is 0 Å². The van der Waals surface area contributed by atoms with Crippen molar-refractivity contribution in [2.45, 2.75) is 20.8 Å². The average Bonchev–Trinajstić information content (AvgIpc) is 2.54. The number of amides is 1. The fourth-order valence-corrected chi connectivity index (χ4v) is 3.16. The highest BCUT2D eigenvalue weighted by molar-refractivity contribution is 6.35. The number of carbonyl (C=O) groups excluding carboxylic acids is 1. The van der Waals surface area contributed by atoms with Gasteiger partial charge in [0.15, 0.2) is 0 Å². The van der Waals surface area contributed by atoms with Crippen molar-refractivity contribution in [1.29, 1.82) is 0 Å². The summed E-state index contributed by atoms with van der Waals surface area (Å²) in [6.45, 7) is 8.40. The van der Waals surface area contributed by atoms with Crippen molar-refractivity contribution in [3.8, 4) is 0 Å². The first kappa shape index (κ1) is 19.4. The SMILES string of the molecule is CCN(CC)c1ccc(NCC(=O)Nc2cc(Cl)cc(Cl)c2)c(C)c1. The maximum Gasteiger partial charge on any atom is 0.243 e. The average molecular weight is 380 g/mol. The lowest BCUT2D eigenvalue weighted by molar-refractivity contribution is -0.114. The molecule has 6 heteroatoms. The van der Waals surface area contributed by atoms with Crippen molar-refractivity contribution in [3.05, 3.63) is 52.0 Å². The Balaban J connectivity index is 1.97. The van der Waals surface area contributed by atoms with E-state index in [9.17, 15) is 4.79 Å². The molecule has 0 aromatic heterocycles. The summed E-state index contributed by atoms with van der Waals surface area (Å²) in [5.74, 6) is -0.162. The Morgan fingerprint density at radius 2 is 1.68 bits per heavy atom. The van der Waals surface area contributed by atoms with Gasteiger partial charge >= 0.3 is 0 Å². The minimum absolute atomic E-state index is 0.162. The fourth-order valence-electron chi connectivity index (χ4n) is 2.64. The third kappa shape index (κ3) is 5.55. The molecule has 2 N–H and O–H groups in total. The summed E-state index contributed by atoms with van der Waals surface area (Å²) in [5, 5.41) is 6.92. The van der Waals surface area contributed by atoms with Gasteiger partial charge in [0.2, 0.25) is 5.91 Å². The molecule has 0 heterocycles. The van der Waals surface area contributed by atoms with E-state index in [0.29, 0.717) is 15.7 Å². The van der Waals surface area contributed by atoms with Crippen LogP contribution in [0.15, 0.2) is 36.4 Å². The molecule has 0 saturated carbocycles. The minimum Gasteiger partial charge on any atom is -0.376 e. The molecule has 0 saturated heterocycles. The summed E-state index contributed by atoms with van der Waals surface area (Å²) in [6.07, 6.45) is 0. The molecule has 4 nitrogen and oxygen atoms in total. The maximum absolute atomic E-state index is 12.1. The van der Waals surface area contributed by atoms with Crippen LogP contribution in [0.4, 0.5) is 17.1 Å². The van der Waals surface area contributed by atoms with E-state index in [2.05, 4.69) is 41.5 Å². The quantitative estimate of drug-likeness (QED) is 0.694. The highest BCUT2D eigenvalue weighted by atomic mass is 35.5. The number of halogens is 2. The third-order valence-electron chi connectivity index (χ3n) is 3.92. The number of carbonyl (C=O) groups is 1. The van der Waals surface area contributed by atoms with E-state index >= 15 is 0 Å². The normalized spacial score (nSPS) is 10.4. The highest BCUT2D eigenvalue weighted by Gasteiger charge is 2.08. The molecule has 0 aliphatic heterocycles. The molecule has 134 valence electrons. The first-order valence-corrected chi connectivity index (χ1v) is 9.04. The second-order valence-corrected chi connectivity index (χ2v) is 6.60. The van der Waals surface area contributed by atoms with Crippen LogP contribution in [-0.2, 0) is 4.79 Å². The number of hydrogen-bond acceptors (Lipinski definition) is 3. The van der Waals surface area contributed by atoms with Gasteiger partial charge in [0, 0.05) is 40.2 Å². The molecule has 2 rings (SSSR count). The number of rotatable bonds is 7. The minimum atomic E-state index is -0.162. The second-order valence-electron chi connectivity index (χ2n) is 5.73. The van der Waals surface area contributed by atoms with Gasteiger partial charge in [-0.2, -0.15) is 0 Å². The van der Waals surface area contributed by atoms with Crippen molar-refractivity contribution < 1.29 is 4.79 Å². The number of benzene rings is 2. The molecule has 25 heavy (non-hydrogen) atoms. The lowest BCUT2D eigenvalue weighted by Gasteiger charge is -2.22. The second kappa shape index (κ2) is 8.97. The van der Waals surface area contributed by atoms with Gasteiger partial charge < -0.3 is 15.5 Å². The van der Waals surface area contributed by atoms with Crippen molar-refractivity contribution in [1.82, 2.24) is 0 Å². The van der Waals surface area contributed by atoms with Gasteiger partial charge in [-0.1, -0.05) is 23.2 Å². The largest absolute Gasteiger partial charge is 0.376 e. The molecule has 0 bridgehead atoms. The van der Waals surface area contributed by atoms with Crippen molar-refractivity contribution in [3.63, 3.8) is 0 Å². The number of nitrogens with one attached hydrogen (secondary N) is 2. The molecule has 0 aliphatic carbocycles. The van der Waals surface area contributed by atoms with E-state index in [-0.39, 0.29) is 12.5 Å². The molecule has 2 aromatic carbocycles. The molecule has 0 fully saturated rings. The van der Waals surface area contributed by atoms with Crippen LogP contribution in [0.5, 0.6) is 0 Å². The molecule has 0 radical (unpaired) electrons. The number of aryl methyl sites for hydroxylation is 1. The third-order valence-corrected chi connectivity index (χ3v) is 4.36. The summed E-state index contributed by atoms with van der Waals surface area (Å²) in [4.78, 5) is 14.4. The lowest BCUT2D eigenvalue weighted by Crippen LogP contribution is -2.23. The van der Waals surface area contributed by atoms with Gasteiger partial charge in [-0.15, -0.1) is 0 Å². The zero-order chi connectivity index (χ0) is 18.4. The standard InChI is InChI=1S/C19H23Cl2N3O/c1-4-24(5-2)17-6-7-18(13(3)8-17)22-12-19(25)23-16-10-14(20)9-15(21)11-16/h6-11,22H,4-5,12H2,1-3H3,(H,23,25). The van der Waals surface area contributed by atoms with Crippen molar-refractivity contribution in [2.75, 3.05) is 35.2 Å². The van der Waals surface area contributed by atoms with Crippen LogP contribution in [-0.4, -0.2) is 25.5 Å². The Labute approximate surface area is 159 Å². The van der Waals surface area contributed by atoms with Crippen LogP contribution < -0.4 is 15.5 Å². The Bertz CT molecular complexity index is 725. The Kier molecular flexibility index (Phi) is 6.97. The van der Waals surface area contributed by atoms with Crippen LogP contribution in [0, 0.1) is 6.92 Å². The smallest absolute Gasteiger partial charge is 0.243 e. The van der Waals surface area contributed by atoms with Crippen LogP contribution in [0.1, 0.15) is 19.4 Å². The molecule has 0 unspecified atom stereocenters. The van der Waals surface area contributed by atoms with Crippen molar-refractivity contribution >= 4 is 46.2 Å². The van der Waals surface area contributed by atoms with Crippen LogP contribution in [0.3, 0.4) is 0 Å². The van der Waals surface area contributed by atoms with Gasteiger partial charge in [0.05, 0.1) is 6.54 Å². The first-order chi connectivity index (χ1) is 11.9. The van der Waals surface area contributed by atoms with Gasteiger partial charge in [-0.25, -0.2) is 0 Å². The molecular formula is C19H23Cl2N3O. The molecule has 1 amide bonds. The lowest BCUT2D eigenvalue weighted by atomic mass is 10.1. The summed E-state index contributed by atoms with van der Waals surface area (Å²) >= 11 is 11.9. The van der Waals surface area contributed by atoms with Gasteiger partial charge in [-0.3, -0.25) is 4.79 Å². The van der Waals surface area contributed by atoms with Gasteiger partial charge in [0.1, 0.15) is 0 Å². The summed E-state index contributed by atoms with van der Waals surface area (Å²) < 4.78 is 0. The predicted molar refractivity (Wildman–Crippen MR) is 108 cm³/mol. The molecular weight excluding hydrogens is 357 g/mol. The topological polar surface area (TPSA) is 44.4 Å². The van der Waals surface area contributed by atoms with E-state index in [4.69, 9.17) is 23.2 Å². The summed E-state index contributed by atoms with van der Waals surface area (Å²) in [6, 6.07) is 11.1. The number of nitrogens with zero attached hydrogens (tertiary/aromatic N) is 1. The van der Waals surface area contributed by atoms with E-state index < -0.39 is 0 Å². The summed E-state index contributed by atoms with van der Waals surface area (Å²) in [5.41, 5.74) is 3.81. The first-order valence-electron chi connectivity index (χ1n) is 8.28. The monoisotopic (exact) mass is 379 g/mol. The highest BCUT2D eigenvalue weighted by Crippen LogP contribution is 2.24. The fraction of sp³-hybridized carbons (Fsp3) is 0.316. The van der Waals surface area contributed by atoms with Crippen LogP contribution in [0.25, 0.3) is 0 Å². The zero-order valence-corrected chi connectivity index (χ0v) is 16.2. The number of hydrogen-bond donors (Lipinski definition) is 2. The van der Waals surface area contributed by atoms with E-state index in [1.54, 1.807) is 18.2 Å². The maximum atomic E-state index is 12.1. The molecule has 0 spiro atoms. The van der Waals surface area contributed by atoms with E-state index in [1.807, 2.05) is 13.0 Å². The van der Waals surface area contributed by atoms with Crippen molar-refractivity contribution in [2.24, 2.45) is 0 Å². The Morgan fingerprint density at radius 1 is 1.04 bits per heavy atom. The van der Waals surface area contributed by atoms with Crippen LogP contribution in [0.2, 0.25) is 10.0 Å². The number of anilines is 3. The van der Waals surface area contributed by atoms with Gasteiger partial charge in [-0.05, 0) is 62.7 Å². The summed E-state index contributed by atoms with van der Waals surface area (Å²) in [7, 11) is 0. The Morgan fingerprint density at radius 3 is 2.24 bits per heavy atom. The van der Waals surface area contributed by atoms with E-state index in [1.165, 1.54) is 5.69 Å². The zero-order valence-electron chi connectivity index (χ0n) is 14.7.